The van der Waals surface area contributed by atoms with E-state index >= 15 is 0 Å². The van der Waals surface area contributed by atoms with Gasteiger partial charge in [0.1, 0.15) is 6.04 Å². The van der Waals surface area contributed by atoms with Crippen molar-refractivity contribution in [1.29, 1.82) is 0 Å². The van der Waals surface area contributed by atoms with Crippen LogP contribution < -0.4 is 0 Å². The molecule has 2 fully saturated rings. The molecule has 2 aliphatic heterocycles. The van der Waals surface area contributed by atoms with Crippen molar-refractivity contribution in [2.75, 3.05) is 19.6 Å². The van der Waals surface area contributed by atoms with Crippen molar-refractivity contribution in [3.8, 4) is 0 Å². The molecule has 2 heterocycles. The third-order valence-electron chi connectivity index (χ3n) is 6.17. The van der Waals surface area contributed by atoms with E-state index in [1.807, 2.05) is 42.2 Å². The van der Waals surface area contributed by atoms with Gasteiger partial charge in [-0.05, 0) is 56.2 Å². The Balaban J connectivity index is 1.40. The number of carbonyl (C=O) groups excluding carboxylic acids is 2. The van der Waals surface area contributed by atoms with Gasteiger partial charge in [-0.25, -0.2) is 0 Å². The van der Waals surface area contributed by atoms with E-state index in [1.54, 1.807) is 4.90 Å². The van der Waals surface area contributed by atoms with Crippen LogP contribution in [0.1, 0.15) is 53.1 Å². The second kappa shape index (κ2) is 8.17. The van der Waals surface area contributed by atoms with E-state index in [0.717, 1.165) is 44.3 Å². The zero-order valence-corrected chi connectivity index (χ0v) is 16.5. The number of amides is 2. The molecule has 0 bridgehead atoms. The van der Waals surface area contributed by atoms with Gasteiger partial charge in [-0.3, -0.25) is 9.59 Å². The Hall–Kier alpha value is -2.62. The maximum absolute atomic E-state index is 13.2. The summed E-state index contributed by atoms with van der Waals surface area (Å²) in [7, 11) is 0. The van der Waals surface area contributed by atoms with Crippen molar-refractivity contribution in [2.24, 2.45) is 0 Å². The molecule has 28 heavy (non-hydrogen) atoms. The highest BCUT2D eigenvalue weighted by molar-refractivity contribution is 5.98. The molecule has 0 N–H and O–H groups in total. The molecule has 2 aromatic rings. The minimum atomic E-state index is -0.304. The largest absolute Gasteiger partial charge is 0.341 e. The summed E-state index contributed by atoms with van der Waals surface area (Å²) in [4.78, 5) is 29.9. The van der Waals surface area contributed by atoms with Crippen LogP contribution in [0.25, 0.3) is 0 Å². The van der Waals surface area contributed by atoms with E-state index in [1.165, 1.54) is 5.56 Å². The molecule has 0 spiro atoms. The molecule has 0 radical (unpaired) electrons. The second-order valence-corrected chi connectivity index (χ2v) is 8.03. The van der Waals surface area contributed by atoms with Gasteiger partial charge in [-0.15, -0.1) is 0 Å². The fraction of sp³-hybridized carbons (Fsp3) is 0.417. The highest BCUT2D eigenvalue weighted by Crippen LogP contribution is 2.30. The number of likely N-dealkylation sites (tertiary alicyclic amines) is 2. The SMILES string of the molecule is Cc1ccc(C(=O)N2CCCC2C(=O)N2CCC(c3ccccc3)CC2)cc1. The predicted molar refractivity (Wildman–Crippen MR) is 110 cm³/mol. The first-order valence-corrected chi connectivity index (χ1v) is 10.3. The van der Waals surface area contributed by atoms with Crippen LogP contribution in [0.2, 0.25) is 0 Å². The summed E-state index contributed by atoms with van der Waals surface area (Å²) < 4.78 is 0. The number of nitrogens with zero attached hydrogens (tertiary/aromatic N) is 2. The number of hydrogen-bond donors (Lipinski definition) is 0. The smallest absolute Gasteiger partial charge is 0.254 e. The Morgan fingerprint density at radius 3 is 2.21 bits per heavy atom. The van der Waals surface area contributed by atoms with Gasteiger partial charge in [-0.2, -0.15) is 0 Å². The lowest BCUT2D eigenvalue weighted by atomic mass is 9.89. The molecule has 4 nitrogen and oxygen atoms in total. The monoisotopic (exact) mass is 376 g/mol. The maximum atomic E-state index is 13.2. The summed E-state index contributed by atoms with van der Waals surface area (Å²) in [6.45, 7) is 4.24. The average molecular weight is 377 g/mol. The van der Waals surface area contributed by atoms with Crippen molar-refractivity contribution in [3.05, 3.63) is 71.3 Å². The minimum Gasteiger partial charge on any atom is -0.341 e. The van der Waals surface area contributed by atoms with Crippen molar-refractivity contribution in [1.82, 2.24) is 9.80 Å². The maximum Gasteiger partial charge on any atom is 0.254 e. The van der Waals surface area contributed by atoms with Crippen molar-refractivity contribution < 1.29 is 9.59 Å². The lowest BCUT2D eigenvalue weighted by Gasteiger charge is -2.35. The number of piperidine rings is 1. The highest BCUT2D eigenvalue weighted by Gasteiger charge is 2.37. The topological polar surface area (TPSA) is 40.6 Å². The highest BCUT2D eigenvalue weighted by atomic mass is 16.2. The Morgan fingerprint density at radius 1 is 0.857 bits per heavy atom. The summed E-state index contributed by atoms with van der Waals surface area (Å²) >= 11 is 0. The number of rotatable bonds is 3. The van der Waals surface area contributed by atoms with Crippen molar-refractivity contribution >= 4 is 11.8 Å². The van der Waals surface area contributed by atoms with E-state index < -0.39 is 0 Å². The van der Waals surface area contributed by atoms with Gasteiger partial charge < -0.3 is 9.80 Å². The molecule has 0 saturated carbocycles. The number of hydrogen-bond acceptors (Lipinski definition) is 2. The van der Waals surface area contributed by atoms with Crippen LogP contribution in [0.4, 0.5) is 0 Å². The average Bonchev–Trinajstić information content (AvgIpc) is 3.24. The van der Waals surface area contributed by atoms with Gasteiger partial charge in [0.15, 0.2) is 0 Å². The molecular formula is C24H28N2O2. The molecule has 0 aliphatic carbocycles. The zero-order chi connectivity index (χ0) is 19.5. The molecule has 146 valence electrons. The van der Waals surface area contributed by atoms with E-state index in [-0.39, 0.29) is 17.9 Å². The van der Waals surface area contributed by atoms with Crippen molar-refractivity contribution in [3.63, 3.8) is 0 Å². The molecule has 1 atom stereocenters. The fourth-order valence-electron chi connectivity index (χ4n) is 4.50. The summed E-state index contributed by atoms with van der Waals surface area (Å²) in [5.41, 5.74) is 3.17. The quantitative estimate of drug-likeness (QED) is 0.812. The fourth-order valence-corrected chi connectivity index (χ4v) is 4.50. The lowest BCUT2D eigenvalue weighted by Crippen LogP contribution is -2.49. The third-order valence-corrected chi connectivity index (χ3v) is 6.17. The molecule has 2 saturated heterocycles. The Morgan fingerprint density at radius 2 is 1.54 bits per heavy atom. The summed E-state index contributed by atoms with van der Waals surface area (Å²) in [5.74, 6) is 0.638. The van der Waals surface area contributed by atoms with Crippen LogP contribution in [-0.2, 0) is 4.79 Å². The molecular weight excluding hydrogens is 348 g/mol. The normalized spacial score (nSPS) is 20.4. The predicted octanol–water partition coefficient (Wildman–Crippen LogP) is 4.01. The Bertz CT molecular complexity index is 823. The third kappa shape index (κ3) is 3.82. The van der Waals surface area contributed by atoms with Gasteiger partial charge in [0.05, 0.1) is 0 Å². The Kier molecular flexibility index (Phi) is 5.47. The Labute approximate surface area is 167 Å². The first kappa shape index (κ1) is 18.7. The minimum absolute atomic E-state index is 0.0185. The standard InChI is InChI=1S/C24H28N2O2/c1-18-9-11-21(12-10-18)23(27)26-15-5-8-22(26)24(28)25-16-13-20(14-17-25)19-6-3-2-4-7-19/h2-4,6-7,9-12,20,22H,5,8,13-17H2,1H3. The van der Waals surface area contributed by atoms with E-state index in [9.17, 15) is 9.59 Å². The molecule has 2 amide bonds. The molecule has 2 aliphatic rings. The van der Waals surface area contributed by atoms with Gasteiger partial charge in [0.2, 0.25) is 5.91 Å². The van der Waals surface area contributed by atoms with Crippen LogP contribution in [0.15, 0.2) is 54.6 Å². The van der Waals surface area contributed by atoms with Crippen LogP contribution in [-0.4, -0.2) is 47.3 Å². The van der Waals surface area contributed by atoms with Crippen LogP contribution >= 0.6 is 0 Å². The summed E-state index contributed by atoms with van der Waals surface area (Å²) in [5, 5.41) is 0. The first-order valence-electron chi connectivity index (χ1n) is 10.3. The lowest BCUT2D eigenvalue weighted by molar-refractivity contribution is -0.136. The number of benzene rings is 2. The summed E-state index contributed by atoms with van der Waals surface area (Å²) in [6, 6.07) is 17.9. The van der Waals surface area contributed by atoms with Gasteiger partial charge in [0.25, 0.3) is 5.91 Å². The van der Waals surface area contributed by atoms with Gasteiger partial charge in [0, 0.05) is 25.2 Å². The first-order chi connectivity index (χ1) is 13.6. The second-order valence-electron chi connectivity index (χ2n) is 8.03. The van der Waals surface area contributed by atoms with E-state index in [4.69, 9.17) is 0 Å². The molecule has 1 unspecified atom stereocenters. The zero-order valence-electron chi connectivity index (χ0n) is 16.5. The summed E-state index contributed by atoms with van der Waals surface area (Å²) in [6.07, 6.45) is 3.66. The van der Waals surface area contributed by atoms with Crippen LogP contribution in [0.5, 0.6) is 0 Å². The van der Waals surface area contributed by atoms with Crippen LogP contribution in [0.3, 0.4) is 0 Å². The number of carbonyl (C=O) groups is 2. The van der Waals surface area contributed by atoms with Crippen molar-refractivity contribution in [2.45, 2.75) is 44.6 Å². The van der Waals surface area contributed by atoms with Crippen LogP contribution in [0, 0.1) is 6.92 Å². The van der Waals surface area contributed by atoms with Gasteiger partial charge >= 0.3 is 0 Å². The molecule has 2 aromatic carbocycles. The molecule has 4 heteroatoms. The number of aryl methyl sites for hydroxylation is 1. The van der Waals surface area contributed by atoms with Gasteiger partial charge in [-0.1, -0.05) is 48.0 Å². The molecule has 0 aromatic heterocycles. The van der Waals surface area contributed by atoms with E-state index in [2.05, 4.69) is 24.3 Å². The molecule has 4 rings (SSSR count). The van der Waals surface area contributed by atoms with E-state index in [0.29, 0.717) is 18.0 Å².